The second-order valence-electron chi connectivity index (χ2n) is 9.77. The minimum atomic E-state index is -0.830. The van der Waals surface area contributed by atoms with E-state index in [-0.39, 0.29) is 23.9 Å². The molecule has 0 N–H and O–H groups in total. The van der Waals surface area contributed by atoms with Crippen molar-refractivity contribution in [2.75, 3.05) is 39.8 Å². The Morgan fingerprint density at radius 1 is 1.33 bits per heavy atom. The lowest BCUT2D eigenvalue weighted by atomic mass is 9.70. The Kier molecular flexibility index (Phi) is 9.22. The number of methoxy groups -OCH3 is 1. The van der Waals surface area contributed by atoms with Gasteiger partial charge in [-0.15, -0.1) is 0 Å². The normalized spacial score (nSPS) is 28.3. The van der Waals surface area contributed by atoms with Crippen LogP contribution in [0.2, 0.25) is 0 Å². The molecule has 7 heteroatoms. The molecule has 3 rings (SSSR count). The van der Waals surface area contributed by atoms with Crippen molar-refractivity contribution in [1.82, 2.24) is 9.80 Å². The molecule has 2 aliphatic rings. The third-order valence-corrected chi connectivity index (χ3v) is 8.14. The Balaban J connectivity index is 1.81. The zero-order valence-electron chi connectivity index (χ0n) is 20.8. The molecule has 1 saturated carbocycles. The first-order chi connectivity index (χ1) is 15.9. The van der Waals surface area contributed by atoms with Crippen LogP contribution in [0.3, 0.4) is 0 Å². The summed E-state index contributed by atoms with van der Waals surface area (Å²) in [4.78, 5) is 22.4. The van der Waals surface area contributed by atoms with Gasteiger partial charge in [0.25, 0.3) is 0 Å². The largest absolute Gasteiger partial charge is 0.467 e. The van der Waals surface area contributed by atoms with Crippen LogP contribution < -0.4 is 0 Å². The van der Waals surface area contributed by atoms with E-state index in [0.29, 0.717) is 17.6 Å². The van der Waals surface area contributed by atoms with Crippen LogP contribution in [0.25, 0.3) is 0 Å². The maximum absolute atomic E-state index is 14.0. The fourth-order valence-corrected chi connectivity index (χ4v) is 6.81. The number of unbranched alkanes of at least 4 members (excludes halogenated alkanes) is 1. The molecule has 1 aliphatic carbocycles. The highest BCUT2D eigenvalue weighted by Crippen LogP contribution is 2.45. The third kappa shape index (κ3) is 5.56. The summed E-state index contributed by atoms with van der Waals surface area (Å²) in [5, 5.41) is 0. The fraction of sp³-hybridized carbons (Fsp3) is 0.692. The maximum atomic E-state index is 14.0. The van der Waals surface area contributed by atoms with Gasteiger partial charge in [0.15, 0.2) is 5.54 Å². The quantitative estimate of drug-likeness (QED) is 0.443. The van der Waals surface area contributed by atoms with E-state index in [1.807, 2.05) is 18.7 Å². The second-order valence-corrected chi connectivity index (χ2v) is 10.6. The lowest BCUT2D eigenvalue weighted by Crippen LogP contribution is -2.57. The zero-order chi connectivity index (χ0) is 24.0. The SMILES string of the molecule is CCCCN1C=NC(CSC)(C(=O)OC)C1C1CCC(C(c2cccc(F)c2)N(C)C)CC1. The first-order valence-electron chi connectivity index (χ1n) is 12.2. The van der Waals surface area contributed by atoms with E-state index >= 15 is 0 Å². The molecule has 0 radical (unpaired) electrons. The topological polar surface area (TPSA) is 45.1 Å². The Morgan fingerprint density at radius 2 is 2.06 bits per heavy atom. The number of rotatable bonds is 10. The summed E-state index contributed by atoms with van der Waals surface area (Å²) < 4.78 is 19.2. The standard InChI is InChI=1S/C26H40FN3O2S/c1-6-7-15-30-18-28-26(17-33-5,25(31)32-4)24(30)20-13-11-19(12-14-20)23(29(2)3)21-9-8-10-22(27)16-21/h8-10,16,18-20,23-24H,6-7,11-15,17H2,1-5H3. The maximum Gasteiger partial charge on any atom is 0.336 e. The predicted octanol–water partition coefficient (Wildman–Crippen LogP) is 5.02. The van der Waals surface area contributed by atoms with Gasteiger partial charge in [-0.25, -0.2) is 9.18 Å². The van der Waals surface area contributed by atoms with E-state index in [1.54, 1.807) is 23.9 Å². The van der Waals surface area contributed by atoms with Crippen LogP contribution in [-0.2, 0) is 9.53 Å². The van der Waals surface area contributed by atoms with Crippen molar-refractivity contribution in [2.24, 2.45) is 16.8 Å². The van der Waals surface area contributed by atoms with Gasteiger partial charge in [-0.2, -0.15) is 11.8 Å². The molecule has 0 amide bonds. The van der Waals surface area contributed by atoms with Gasteiger partial charge in [0.1, 0.15) is 5.82 Å². The van der Waals surface area contributed by atoms with Crippen molar-refractivity contribution >= 4 is 24.1 Å². The first-order valence-corrected chi connectivity index (χ1v) is 13.6. The average molecular weight is 478 g/mol. The molecule has 3 atom stereocenters. The number of carbonyl (C=O) groups is 1. The molecule has 1 fully saturated rings. The molecule has 1 aliphatic heterocycles. The molecule has 0 saturated heterocycles. The molecular formula is C26H40FN3O2S. The van der Waals surface area contributed by atoms with Crippen LogP contribution in [0.5, 0.6) is 0 Å². The second kappa shape index (κ2) is 11.7. The number of halogens is 1. The zero-order valence-corrected chi connectivity index (χ0v) is 21.6. The van der Waals surface area contributed by atoms with Crippen LogP contribution in [0.15, 0.2) is 29.3 Å². The number of esters is 1. The Morgan fingerprint density at radius 3 is 2.64 bits per heavy atom. The van der Waals surface area contributed by atoms with Crippen molar-refractivity contribution in [3.05, 3.63) is 35.6 Å². The monoisotopic (exact) mass is 477 g/mol. The number of ether oxygens (including phenoxy) is 1. The van der Waals surface area contributed by atoms with Crippen molar-refractivity contribution in [2.45, 2.75) is 63.1 Å². The van der Waals surface area contributed by atoms with Gasteiger partial charge in [0, 0.05) is 18.3 Å². The minimum Gasteiger partial charge on any atom is -0.467 e. The first kappa shape index (κ1) is 26.0. The van der Waals surface area contributed by atoms with Crippen LogP contribution in [0.4, 0.5) is 4.39 Å². The number of benzene rings is 1. The highest BCUT2D eigenvalue weighted by Gasteiger charge is 2.55. The fourth-order valence-electron chi connectivity index (χ4n) is 6.01. The van der Waals surface area contributed by atoms with Gasteiger partial charge in [-0.3, -0.25) is 4.99 Å². The Labute approximate surface area is 203 Å². The lowest BCUT2D eigenvalue weighted by Gasteiger charge is -2.44. The van der Waals surface area contributed by atoms with Crippen molar-refractivity contribution in [3.8, 4) is 0 Å². The van der Waals surface area contributed by atoms with E-state index in [9.17, 15) is 9.18 Å². The highest BCUT2D eigenvalue weighted by atomic mass is 32.2. The number of aliphatic imine (C=N–C) groups is 1. The van der Waals surface area contributed by atoms with Crippen molar-refractivity contribution in [1.29, 1.82) is 0 Å². The summed E-state index contributed by atoms with van der Waals surface area (Å²) >= 11 is 1.66. The van der Waals surface area contributed by atoms with E-state index in [1.165, 1.54) is 13.2 Å². The van der Waals surface area contributed by atoms with Crippen LogP contribution >= 0.6 is 11.8 Å². The number of hydrogen-bond acceptors (Lipinski definition) is 6. The van der Waals surface area contributed by atoms with Crippen molar-refractivity contribution < 1.29 is 13.9 Å². The molecule has 1 heterocycles. The molecule has 3 unspecified atom stereocenters. The summed E-state index contributed by atoms with van der Waals surface area (Å²) in [6.45, 7) is 3.11. The summed E-state index contributed by atoms with van der Waals surface area (Å²) in [6.07, 6.45) is 10.3. The van der Waals surface area contributed by atoms with E-state index in [2.05, 4.69) is 30.8 Å². The van der Waals surface area contributed by atoms with E-state index in [0.717, 1.165) is 50.6 Å². The van der Waals surface area contributed by atoms with Gasteiger partial charge >= 0.3 is 5.97 Å². The van der Waals surface area contributed by atoms with Gasteiger partial charge < -0.3 is 14.5 Å². The molecule has 1 aromatic carbocycles. The summed E-state index contributed by atoms with van der Waals surface area (Å²) in [5.41, 5.74) is 0.214. The number of carbonyl (C=O) groups excluding carboxylic acids is 1. The lowest BCUT2D eigenvalue weighted by molar-refractivity contribution is -0.148. The minimum absolute atomic E-state index is 0.0388. The molecule has 0 bridgehead atoms. The predicted molar refractivity (Wildman–Crippen MR) is 135 cm³/mol. The number of thioether (sulfide) groups is 1. The van der Waals surface area contributed by atoms with Crippen LogP contribution in [0.1, 0.15) is 57.1 Å². The summed E-state index contributed by atoms with van der Waals surface area (Å²) in [7, 11) is 5.64. The molecule has 33 heavy (non-hydrogen) atoms. The molecular weight excluding hydrogens is 437 g/mol. The van der Waals surface area contributed by atoms with Gasteiger partial charge in [-0.05, 0) is 82.0 Å². The number of nitrogens with zero attached hydrogens (tertiary/aromatic N) is 3. The van der Waals surface area contributed by atoms with E-state index < -0.39 is 5.54 Å². The van der Waals surface area contributed by atoms with Gasteiger partial charge in [0.2, 0.25) is 0 Å². The summed E-state index contributed by atoms with van der Waals surface area (Å²) in [6, 6.07) is 7.26. The van der Waals surface area contributed by atoms with Gasteiger partial charge in [0.05, 0.1) is 19.5 Å². The molecule has 0 spiro atoms. The third-order valence-electron chi connectivity index (χ3n) is 7.41. The highest BCUT2D eigenvalue weighted by molar-refractivity contribution is 7.98. The average Bonchev–Trinajstić information content (AvgIpc) is 3.17. The Hall–Kier alpha value is -1.60. The molecule has 1 aromatic rings. The Bertz CT molecular complexity index is 812. The number of hydrogen-bond donors (Lipinski definition) is 0. The molecule has 184 valence electrons. The van der Waals surface area contributed by atoms with Crippen LogP contribution in [0, 0.1) is 17.7 Å². The van der Waals surface area contributed by atoms with Crippen molar-refractivity contribution in [3.63, 3.8) is 0 Å². The molecule has 5 nitrogen and oxygen atoms in total. The van der Waals surface area contributed by atoms with Gasteiger partial charge in [-0.1, -0.05) is 25.5 Å². The smallest absolute Gasteiger partial charge is 0.336 e. The van der Waals surface area contributed by atoms with E-state index in [4.69, 9.17) is 9.73 Å². The van der Waals surface area contributed by atoms with Crippen LogP contribution in [-0.4, -0.2) is 73.4 Å². The summed E-state index contributed by atoms with van der Waals surface area (Å²) in [5.74, 6) is 1.07. The molecule has 0 aromatic heterocycles.